The molecule has 0 aromatic carbocycles. The lowest BCUT2D eigenvalue weighted by molar-refractivity contribution is -0.324. The largest absolute Gasteiger partial charge is 0.479 e. The molecule has 0 aromatic heterocycles. The van der Waals surface area contributed by atoms with E-state index in [4.69, 9.17) is 18.9 Å². The van der Waals surface area contributed by atoms with E-state index in [-0.39, 0.29) is 33.5 Å². The van der Waals surface area contributed by atoms with Crippen molar-refractivity contribution in [2.75, 3.05) is 6.61 Å². The molecule has 0 radical (unpaired) electrons. The molecule has 2 heterocycles. The maximum absolute atomic E-state index is 14.6. The lowest BCUT2D eigenvalue weighted by Gasteiger charge is -2.71. The summed E-state index contributed by atoms with van der Waals surface area (Å²) < 4.78 is 23.5. The minimum absolute atomic E-state index is 0.0330. The number of aliphatic carboxylic acids is 1. The van der Waals surface area contributed by atoms with Crippen molar-refractivity contribution in [2.45, 2.75) is 180 Å². The number of ether oxygens (including phenoxy) is 4. The van der Waals surface area contributed by atoms with Gasteiger partial charge in [0.05, 0.1) is 18.1 Å². The Morgan fingerprint density at radius 1 is 0.750 bits per heavy atom. The molecule has 0 bridgehead atoms. The number of carbonyl (C=O) groups excluding carboxylic acids is 1. The summed E-state index contributed by atoms with van der Waals surface area (Å²) in [5.41, 5.74) is -0.448. The summed E-state index contributed by atoms with van der Waals surface area (Å²) in [6.07, 6.45) is -6.14. The van der Waals surface area contributed by atoms with Gasteiger partial charge in [0, 0.05) is 0 Å². The number of carbonyl (C=O) groups is 2. The van der Waals surface area contributed by atoms with E-state index >= 15 is 0 Å². The Balaban J connectivity index is 1.16. The van der Waals surface area contributed by atoms with Crippen molar-refractivity contribution in [2.24, 2.45) is 50.2 Å². The van der Waals surface area contributed by atoms with Crippen molar-refractivity contribution >= 4 is 11.9 Å². The lowest BCUT2D eigenvalue weighted by Crippen LogP contribution is -2.66. The fraction of sp³-hybridized carbons (Fsp3) is 0.905. The van der Waals surface area contributed by atoms with Crippen LogP contribution in [-0.4, -0.2) is 127 Å². The number of esters is 1. The van der Waals surface area contributed by atoms with Crippen LogP contribution in [0.5, 0.6) is 0 Å². The van der Waals surface area contributed by atoms with E-state index in [1.807, 2.05) is 0 Å². The molecule has 2 saturated heterocycles. The van der Waals surface area contributed by atoms with Gasteiger partial charge >= 0.3 is 11.9 Å². The molecule has 318 valence electrons. The number of carboxylic acids is 1. The highest BCUT2D eigenvalue weighted by Crippen LogP contribution is 2.76. The Morgan fingerprint density at radius 2 is 1.39 bits per heavy atom. The van der Waals surface area contributed by atoms with Crippen LogP contribution >= 0.6 is 0 Å². The van der Waals surface area contributed by atoms with Gasteiger partial charge in [0.1, 0.15) is 42.7 Å². The normalized spacial score (nSPS) is 52.3. The molecule has 2 aliphatic heterocycles. The van der Waals surface area contributed by atoms with E-state index in [1.165, 1.54) is 5.57 Å². The van der Waals surface area contributed by atoms with E-state index < -0.39 is 96.9 Å². The Bertz CT molecular complexity index is 1560. The number of allylic oxidation sites excluding steroid dienone is 2. The summed E-state index contributed by atoms with van der Waals surface area (Å²) in [4.78, 5) is 26.4. The second-order valence-electron chi connectivity index (χ2n) is 20.7. The zero-order valence-corrected chi connectivity index (χ0v) is 34.0. The number of carboxylic acid groups (broad SMARTS) is 1. The van der Waals surface area contributed by atoms with Crippen LogP contribution in [0.15, 0.2) is 11.6 Å². The molecule has 7 rings (SSSR count). The molecule has 0 spiro atoms. The quantitative estimate of drug-likeness (QED) is 0.110. The molecule has 6 fully saturated rings. The van der Waals surface area contributed by atoms with Crippen LogP contribution in [0.25, 0.3) is 0 Å². The van der Waals surface area contributed by atoms with Gasteiger partial charge in [-0.05, 0) is 109 Å². The van der Waals surface area contributed by atoms with Crippen molar-refractivity contribution in [3.63, 3.8) is 0 Å². The van der Waals surface area contributed by atoms with Gasteiger partial charge in [0.15, 0.2) is 12.4 Å². The first-order valence-corrected chi connectivity index (χ1v) is 20.8. The van der Waals surface area contributed by atoms with Gasteiger partial charge in [-0.2, -0.15) is 0 Å². The number of fused-ring (bicyclic) bond motifs is 7. The van der Waals surface area contributed by atoms with Crippen molar-refractivity contribution < 1.29 is 69.4 Å². The van der Waals surface area contributed by atoms with Crippen molar-refractivity contribution in [3.8, 4) is 0 Å². The Hall–Kier alpha value is -1.72. The Morgan fingerprint density at radius 3 is 2.05 bits per heavy atom. The maximum atomic E-state index is 14.6. The standard InChI is InChI=1S/C42H66O14/c1-37(2)14-16-42(36(52)56-34-30(48)27(45)26(44)22(19-43)53-34)17-15-40(6)20(21(42)18-37)8-9-24-39(5)12-11-25(38(3,4)23(39)10-13-41(24,40)7)54-35-31(49)28(46)29(47)32(55-35)33(50)51/h8,21-32,34-35,43-49H,9-19H2,1-7H3,(H,50,51)/t21-,22+,23?,24?,25-,26+,27-,28-,29+,30+,31+,32-,34-,35+,39-,40+,41+,42-/m0/s1. The minimum atomic E-state index is -1.79. The topological polar surface area (TPSA) is 233 Å². The first-order chi connectivity index (χ1) is 26.0. The molecular weight excluding hydrogens is 728 g/mol. The highest BCUT2D eigenvalue weighted by molar-refractivity contribution is 5.79. The highest BCUT2D eigenvalue weighted by Gasteiger charge is 2.70. The second kappa shape index (κ2) is 14.2. The predicted molar refractivity (Wildman–Crippen MR) is 198 cm³/mol. The maximum Gasteiger partial charge on any atom is 0.335 e. The number of hydrogen-bond acceptors (Lipinski definition) is 13. The van der Waals surface area contributed by atoms with E-state index in [9.17, 15) is 50.4 Å². The molecule has 5 aliphatic carbocycles. The number of hydrogen-bond donors (Lipinski definition) is 8. The van der Waals surface area contributed by atoms with E-state index in [2.05, 4.69) is 54.5 Å². The molecule has 4 saturated carbocycles. The van der Waals surface area contributed by atoms with Gasteiger partial charge in [-0.25, -0.2) is 4.79 Å². The summed E-state index contributed by atoms with van der Waals surface area (Å²) in [5.74, 6) is -1.52. The predicted octanol–water partition coefficient (Wildman–Crippen LogP) is 2.41. The van der Waals surface area contributed by atoms with Crippen LogP contribution in [0.2, 0.25) is 0 Å². The third-order valence-electron chi connectivity index (χ3n) is 17.2. The van der Waals surface area contributed by atoms with Gasteiger partial charge < -0.3 is 59.8 Å². The molecule has 7 aliphatic rings. The van der Waals surface area contributed by atoms with Crippen LogP contribution in [0.3, 0.4) is 0 Å². The number of aliphatic hydroxyl groups excluding tert-OH is 7. The zero-order chi connectivity index (χ0) is 41.1. The number of rotatable bonds is 6. The van der Waals surface area contributed by atoms with Crippen molar-refractivity contribution in [1.82, 2.24) is 0 Å². The Kier molecular flexibility index (Phi) is 10.8. The van der Waals surface area contributed by atoms with Gasteiger partial charge in [-0.1, -0.05) is 60.1 Å². The van der Waals surface area contributed by atoms with Crippen LogP contribution in [0.1, 0.15) is 113 Å². The van der Waals surface area contributed by atoms with E-state index in [0.717, 1.165) is 44.9 Å². The minimum Gasteiger partial charge on any atom is -0.479 e. The first kappa shape index (κ1) is 42.4. The van der Waals surface area contributed by atoms with Crippen LogP contribution in [0, 0.1) is 50.2 Å². The second-order valence-corrected chi connectivity index (χ2v) is 20.7. The molecule has 2 unspecified atom stereocenters. The van der Waals surface area contributed by atoms with E-state index in [1.54, 1.807) is 0 Å². The van der Waals surface area contributed by atoms with Crippen molar-refractivity contribution in [1.29, 1.82) is 0 Å². The van der Waals surface area contributed by atoms with E-state index in [0.29, 0.717) is 25.2 Å². The van der Waals surface area contributed by atoms with Gasteiger partial charge in [0.2, 0.25) is 6.29 Å². The molecule has 8 N–H and O–H groups in total. The summed E-state index contributed by atoms with van der Waals surface area (Å²) >= 11 is 0. The van der Waals surface area contributed by atoms with Crippen LogP contribution < -0.4 is 0 Å². The molecule has 0 aromatic rings. The fourth-order valence-electron chi connectivity index (χ4n) is 13.5. The Labute approximate surface area is 329 Å². The summed E-state index contributed by atoms with van der Waals surface area (Å²) in [6.45, 7) is 15.5. The van der Waals surface area contributed by atoms with Crippen molar-refractivity contribution in [3.05, 3.63) is 11.6 Å². The number of aliphatic hydroxyl groups is 7. The van der Waals surface area contributed by atoms with Gasteiger partial charge in [-0.3, -0.25) is 4.79 Å². The smallest absolute Gasteiger partial charge is 0.335 e. The summed E-state index contributed by atoms with van der Waals surface area (Å²) in [6, 6.07) is 0. The van der Waals surface area contributed by atoms with Crippen LogP contribution in [-0.2, 0) is 28.5 Å². The summed E-state index contributed by atoms with van der Waals surface area (Å²) in [7, 11) is 0. The van der Waals surface area contributed by atoms with Gasteiger partial charge in [-0.15, -0.1) is 0 Å². The highest BCUT2D eigenvalue weighted by atomic mass is 16.7. The average Bonchev–Trinajstić information content (AvgIpc) is 3.12. The summed E-state index contributed by atoms with van der Waals surface area (Å²) in [5, 5.41) is 82.4. The monoisotopic (exact) mass is 794 g/mol. The third kappa shape index (κ3) is 6.17. The van der Waals surface area contributed by atoms with Crippen LogP contribution in [0.4, 0.5) is 0 Å². The third-order valence-corrected chi connectivity index (χ3v) is 17.2. The van der Waals surface area contributed by atoms with Gasteiger partial charge in [0.25, 0.3) is 0 Å². The molecule has 0 amide bonds. The molecular formula is C42H66O14. The average molecular weight is 795 g/mol. The SMILES string of the molecule is CC1(C)CC[C@]2(C(=O)O[C@@H]3O[C@H](CO)[C@@H](O)[C@H](O)[C@H]3O)CC[C@]3(C)C(=CCC4[C@@]5(C)CC[C@H](O[C@@H]6O[C@H](C(=O)O)[C@H](O)[C@H](O)[C@H]6O)C(C)(C)C5CC[C@]43C)[C@@H]2C1. The molecule has 56 heavy (non-hydrogen) atoms. The lowest BCUT2D eigenvalue weighted by atomic mass is 9.33. The fourth-order valence-corrected chi connectivity index (χ4v) is 13.5. The first-order valence-electron chi connectivity index (χ1n) is 20.8. The molecule has 14 heteroatoms. The molecule has 14 nitrogen and oxygen atoms in total. The molecule has 18 atom stereocenters. The zero-order valence-electron chi connectivity index (χ0n) is 34.0.